The highest BCUT2D eigenvalue weighted by atomic mass is 35.5. The number of rotatable bonds is 4. The monoisotopic (exact) mass is 448 g/mol. The van der Waals surface area contributed by atoms with Gasteiger partial charge in [0.2, 0.25) is 6.04 Å². The van der Waals surface area contributed by atoms with E-state index in [1.807, 2.05) is 31.2 Å². The van der Waals surface area contributed by atoms with Crippen molar-refractivity contribution in [3.05, 3.63) is 89.4 Å². The van der Waals surface area contributed by atoms with E-state index in [9.17, 15) is 9.59 Å². The summed E-state index contributed by atoms with van der Waals surface area (Å²) in [6.45, 7) is 1.88. The van der Waals surface area contributed by atoms with Crippen LogP contribution in [-0.2, 0) is 9.59 Å². The van der Waals surface area contributed by atoms with E-state index in [4.69, 9.17) is 23.8 Å². The lowest BCUT2D eigenvalue weighted by Gasteiger charge is -2.37. The van der Waals surface area contributed by atoms with Crippen LogP contribution in [0.5, 0.6) is 0 Å². The molecule has 1 aliphatic rings. The van der Waals surface area contributed by atoms with Crippen LogP contribution in [0.3, 0.4) is 0 Å². The molecule has 0 radical (unpaired) electrons. The summed E-state index contributed by atoms with van der Waals surface area (Å²) in [7, 11) is 0. The van der Waals surface area contributed by atoms with Crippen LogP contribution >= 0.6 is 23.8 Å². The molecule has 0 N–H and O–H groups in total. The standard InChI is InChI=1S/C23H17ClN4O2S/c1-15-9-5-7-13-18(15)25-26-20-21(29)27(16-10-3-2-4-11-16)23(31)28(22(20)30)19-14-8-6-12-17(19)24/h2-14,20H,1H3. The van der Waals surface area contributed by atoms with Gasteiger partial charge >= 0.3 is 0 Å². The van der Waals surface area contributed by atoms with Gasteiger partial charge in [-0.05, 0) is 55.0 Å². The van der Waals surface area contributed by atoms with Crippen LogP contribution in [0.25, 0.3) is 0 Å². The van der Waals surface area contributed by atoms with E-state index in [0.29, 0.717) is 22.1 Å². The molecule has 6 nitrogen and oxygen atoms in total. The van der Waals surface area contributed by atoms with E-state index < -0.39 is 17.9 Å². The summed E-state index contributed by atoms with van der Waals surface area (Å²) in [5.74, 6) is -1.17. The summed E-state index contributed by atoms with van der Waals surface area (Å²) >= 11 is 11.9. The summed E-state index contributed by atoms with van der Waals surface area (Å²) in [6, 6.07) is 21.6. The van der Waals surface area contributed by atoms with Crippen molar-refractivity contribution in [2.24, 2.45) is 10.2 Å². The number of halogens is 1. The summed E-state index contributed by atoms with van der Waals surface area (Å²) in [5.41, 5.74) is 2.36. The summed E-state index contributed by atoms with van der Waals surface area (Å²) < 4.78 is 0. The molecule has 4 rings (SSSR count). The van der Waals surface area contributed by atoms with Crippen LogP contribution < -0.4 is 9.80 Å². The number of amides is 2. The highest BCUT2D eigenvalue weighted by molar-refractivity contribution is 7.81. The highest BCUT2D eigenvalue weighted by Gasteiger charge is 2.46. The van der Waals surface area contributed by atoms with E-state index >= 15 is 0 Å². The number of carbonyl (C=O) groups is 2. The number of aryl methyl sites for hydroxylation is 1. The predicted molar refractivity (Wildman–Crippen MR) is 125 cm³/mol. The van der Waals surface area contributed by atoms with E-state index in [1.165, 1.54) is 9.80 Å². The van der Waals surface area contributed by atoms with Gasteiger partial charge in [0.25, 0.3) is 11.8 Å². The second kappa shape index (κ2) is 8.75. The Morgan fingerprint density at radius 1 is 0.839 bits per heavy atom. The van der Waals surface area contributed by atoms with Crippen LogP contribution in [0.2, 0.25) is 5.02 Å². The number of nitrogens with zero attached hydrogens (tertiary/aromatic N) is 4. The molecule has 0 saturated carbocycles. The third-order valence-corrected chi connectivity index (χ3v) is 5.48. The third kappa shape index (κ3) is 3.97. The highest BCUT2D eigenvalue weighted by Crippen LogP contribution is 2.32. The minimum atomic E-state index is -1.40. The lowest BCUT2D eigenvalue weighted by atomic mass is 10.1. The molecule has 154 valence electrons. The number of para-hydroxylation sites is 2. The predicted octanol–water partition coefficient (Wildman–Crippen LogP) is 5.47. The first-order valence-electron chi connectivity index (χ1n) is 9.47. The minimum absolute atomic E-state index is 0.0108. The van der Waals surface area contributed by atoms with Gasteiger partial charge in [-0.1, -0.05) is 60.1 Å². The van der Waals surface area contributed by atoms with Gasteiger partial charge in [0.1, 0.15) is 0 Å². The van der Waals surface area contributed by atoms with Crippen molar-refractivity contribution >= 4 is 57.8 Å². The topological polar surface area (TPSA) is 65.3 Å². The zero-order valence-corrected chi connectivity index (χ0v) is 18.0. The lowest BCUT2D eigenvalue weighted by molar-refractivity contribution is -0.128. The van der Waals surface area contributed by atoms with Crippen molar-refractivity contribution in [1.29, 1.82) is 0 Å². The van der Waals surface area contributed by atoms with Gasteiger partial charge in [-0.15, -0.1) is 0 Å². The Bertz CT molecular complexity index is 1200. The molecule has 0 aromatic heterocycles. The van der Waals surface area contributed by atoms with Crippen molar-refractivity contribution in [3.63, 3.8) is 0 Å². The maximum atomic E-state index is 13.4. The first kappa shape index (κ1) is 20.8. The molecule has 2 amide bonds. The molecule has 0 spiro atoms. The fraction of sp³-hybridized carbons (Fsp3) is 0.0870. The lowest BCUT2D eigenvalue weighted by Crippen LogP contribution is -2.62. The molecule has 3 aromatic rings. The number of hydrogen-bond donors (Lipinski definition) is 0. The Kier molecular flexibility index (Phi) is 5.88. The van der Waals surface area contributed by atoms with Gasteiger partial charge in [0.15, 0.2) is 5.11 Å². The molecule has 1 heterocycles. The molecular weight excluding hydrogens is 432 g/mol. The second-order valence-corrected chi connectivity index (χ2v) is 7.59. The third-order valence-electron chi connectivity index (χ3n) is 4.80. The molecular formula is C23H17ClN4O2S. The smallest absolute Gasteiger partial charge is 0.269 e. The zero-order chi connectivity index (χ0) is 22.0. The van der Waals surface area contributed by atoms with Gasteiger partial charge in [-0.2, -0.15) is 10.2 Å². The Hall–Kier alpha value is -3.42. The SMILES string of the molecule is Cc1ccccc1N=NC1C(=O)N(c2ccccc2)C(=S)N(c2ccccc2Cl)C1=O. The molecule has 3 aromatic carbocycles. The zero-order valence-electron chi connectivity index (χ0n) is 16.5. The van der Waals surface area contributed by atoms with Crippen molar-refractivity contribution in [3.8, 4) is 0 Å². The molecule has 0 aliphatic carbocycles. The Balaban J connectivity index is 1.81. The number of anilines is 2. The average Bonchev–Trinajstić information content (AvgIpc) is 2.77. The summed E-state index contributed by atoms with van der Waals surface area (Å²) in [5, 5.41) is 8.66. The van der Waals surface area contributed by atoms with Crippen molar-refractivity contribution in [1.82, 2.24) is 0 Å². The van der Waals surface area contributed by atoms with Crippen molar-refractivity contribution in [2.75, 3.05) is 9.80 Å². The molecule has 1 fully saturated rings. The first-order valence-corrected chi connectivity index (χ1v) is 10.3. The number of azo groups is 1. The largest absolute Gasteiger partial charge is 0.271 e. The Morgan fingerprint density at radius 3 is 2.16 bits per heavy atom. The molecule has 1 saturated heterocycles. The van der Waals surface area contributed by atoms with Crippen molar-refractivity contribution in [2.45, 2.75) is 13.0 Å². The molecule has 1 aliphatic heterocycles. The van der Waals surface area contributed by atoms with Crippen LogP contribution in [0.4, 0.5) is 17.1 Å². The van der Waals surface area contributed by atoms with E-state index in [0.717, 1.165) is 5.56 Å². The van der Waals surface area contributed by atoms with Crippen LogP contribution in [0, 0.1) is 6.92 Å². The number of thiocarbonyl (C=S) groups is 1. The average molecular weight is 449 g/mol. The van der Waals surface area contributed by atoms with Crippen LogP contribution in [0.15, 0.2) is 89.1 Å². The minimum Gasteiger partial charge on any atom is -0.271 e. The fourth-order valence-electron chi connectivity index (χ4n) is 3.20. The van der Waals surface area contributed by atoms with E-state index in [2.05, 4.69) is 10.2 Å². The van der Waals surface area contributed by atoms with Gasteiger partial charge in [-0.3, -0.25) is 19.4 Å². The Morgan fingerprint density at radius 2 is 1.45 bits per heavy atom. The maximum absolute atomic E-state index is 13.4. The molecule has 31 heavy (non-hydrogen) atoms. The summed E-state index contributed by atoms with van der Waals surface area (Å²) in [4.78, 5) is 29.2. The second-order valence-electron chi connectivity index (χ2n) is 6.82. The van der Waals surface area contributed by atoms with Crippen LogP contribution in [-0.4, -0.2) is 23.0 Å². The molecule has 1 unspecified atom stereocenters. The van der Waals surface area contributed by atoms with Crippen LogP contribution in [0.1, 0.15) is 5.56 Å². The fourth-order valence-corrected chi connectivity index (χ4v) is 3.81. The van der Waals surface area contributed by atoms with Gasteiger partial charge in [0.05, 0.1) is 22.1 Å². The maximum Gasteiger partial charge on any atom is 0.269 e. The Labute approximate surface area is 189 Å². The van der Waals surface area contributed by atoms with E-state index in [-0.39, 0.29) is 5.11 Å². The summed E-state index contributed by atoms with van der Waals surface area (Å²) in [6.07, 6.45) is 0. The quantitative estimate of drug-likeness (QED) is 0.302. The molecule has 0 bridgehead atoms. The number of carbonyl (C=O) groups excluding carboxylic acids is 2. The van der Waals surface area contributed by atoms with Gasteiger partial charge in [-0.25, -0.2) is 0 Å². The number of benzene rings is 3. The van der Waals surface area contributed by atoms with Gasteiger partial charge < -0.3 is 0 Å². The van der Waals surface area contributed by atoms with Gasteiger partial charge in [0, 0.05) is 0 Å². The van der Waals surface area contributed by atoms with Crippen molar-refractivity contribution < 1.29 is 9.59 Å². The molecule has 1 atom stereocenters. The first-order chi connectivity index (χ1) is 15.0. The molecule has 8 heteroatoms. The number of hydrogen-bond acceptors (Lipinski definition) is 5. The van der Waals surface area contributed by atoms with E-state index in [1.54, 1.807) is 54.6 Å². The normalized spacial score (nSPS) is 17.0.